The normalized spacial score (nSPS) is 14.0. The van der Waals surface area contributed by atoms with Crippen LogP contribution in [-0.4, -0.2) is 31.1 Å². The maximum Gasteiger partial charge on any atom is 0.459 e. The predicted octanol–water partition coefficient (Wildman–Crippen LogP) is 5.19. The second kappa shape index (κ2) is 9.58. The van der Waals surface area contributed by atoms with Gasteiger partial charge in [0.05, 0.1) is 7.11 Å². The van der Waals surface area contributed by atoms with Crippen LogP contribution in [0.4, 0.5) is 30.7 Å². The molecule has 2 N–H and O–H groups in total. The summed E-state index contributed by atoms with van der Waals surface area (Å²) in [4.78, 5) is 11.0. The zero-order valence-corrected chi connectivity index (χ0v) is 15.2. The maximum atomic E-state index is 13.3. The van der Waals surface area contributed by atoms with Gasteiger partial charge in [0.1, 0.15) is 0 Å². The van der Waals surface area contributed by atoms with Gasteiger partial charge in [-0.25, -0.2) is 0 Å². The molecule has 0 saturated carbocycles. The van der Waals surface area contributed by atoms with Gasteiger partial charge in [-0.2, -0.15) is 30.7 Å². The second-order valence-electron chi connectivity index (χ2n) is 6.45. The molecule has 0 spiro atoms. The number of methoxy groups -OCH3 is 1. The van der Waals surface area contributed by atoms with Crippen LogP contribution in [-0.2, 0) is 16.0 Å². The molecule has 1 atom stereocenters. The van der Waals surface area contributed by atoms with E-state index in [-0.39, 0.29) is 18.8 Å². The summed E-state index contributed by atoms with van der Waals surface area (Å²) in [5.74, 6) is -11.6. The first-order valence-electron chi connectivity index (χ1n) is 8.55. The summed E-state index contributed by atoms with van der Waals surface area (Å²) in [7, 11) is 1.29. The molecule has 1 unspecified atom stereocenters. The van der Waals surface area contributed by atoms with Gasteiger partial charge in [0.25, 0.3) is 0 Å². The Hall–Kier alpha value is -1.84. The van der Waals surface area contributed by atoms with E-state index in [1.807, 2.05) is 0 Å². The lowest BCUT2D eigenvalue weighted by Crippen LogP contribution is -2.51. The van der Waals surface area contributed by atoms with Crippen molar-refractivity contribution in [3.05, 3.63) is 35.4 Å². The quantitative estimate of drug-likeness (QED) is 0.421. The highest BCUT2D eigenvalue weighted by Gasteiger charge is 2.72. The number of nitrogens with two attached hydrogens (primary N) is 1. The Morgan fingerprint density at radius 1 is 1.04 bits per heavy atom. The minimum atomic E-state index is -6.32. The van der Waals surface area contributed by atoms with Gasteiger partial charge in [-0.15, -0.1) is 0 Å². The number of ether oxygens (including phenoxy) is 1. The molecule has 0 saturated heterocycles. The van der Waals surface area contributed by atoms with E-state index < -0.39 is 36.9 Å². The Morgan fingerprint density at radius 3 is 2.11 bits per heavy atom. The Bertz CT molecular complexity index is 630. The van der Waals surface area contributed by atoms with Crippen molar-refractivity contribution < 1.29 is 40.3 Å². The number of benzene rings is 1. The van der Waals surface area contributed by atoms with Crippen molar-refractivity contribution in [1.29, 1.82) is 0 Å². The highest BCUT2D eigenvalue weighted by molar-refractivity contribution is 5.69. The molecule has 0 bridgehead atoms. The average Bonchev–Trinajstić information content (AvgIpc) is 2.60. The van der Waals surface area contributed by atoms with E-state index in [2.05, 4.69) is 4.74 Å². The molecule has 0 heterocycles. The van der Waals surface area contributed by atoms with Crippen LogP contribution in [0.2, 0.25) is 0 Å². The molecule has 160 valence electrons. The number of carbonyl (C=O) groups is 1. The van der Waals surface area contributed by atoms with Crippen molar-refractivity contribution in [1.82, 2.24) is 0 Å². The third-order valence-electron chi connectivity index (χ3n) is 4.30. The van der Waals surface area contributed by atoms with Crippen molar-refractivity contribution in [2.45, 2.75) is 62.6 Å². The highest BCUT2D eigenvalue weighted by Crippen LogP contribution is 2.48. The molecule has 1 aromatic rings. The molecular formula is C18H22F7NO2. The lowest BCUT2D eigenvalue weighted by molar-refractivity contribution is -0.355. The van der Waals surface area contributed by atoms with Crippen molar-refractivity contribution in [2.24, 2.45) is 5.73 Å². The minimum Gasteiger partial charge on any atom is -0.469 e. The number of esters is 1. The standard InChI is InChI=1S/C18H22F7NO2/c1-28-15(27)6-2-4-12-7-9-13(10-8-12)14(26)5-3-11-16(19,20)17(21,22)18(23,24)25/h7-10,14H,2-6,11,26H2,1H3. The Labute approximate surface area is 158 Å². The summed E-state index contributed by atoms with van der Waals surface area (Å²) in [5.41, 5.74) is 7.25. The molecule has 10 heteroatoms. The third-order valence-corrected chi connectivity index (χ3v) is 4.30. The van der Waals surface area contributed by atoms with Crippen molar-refractivity contribution in [2.75, 3.05) is 7.11 Å². The lowest BCUT2D eigenvalue weighted by atomic mass is 9.97. The van der Waals surface area contributed by atoms with E-state index >= 15 is 0 Å². The largest absolute Gasteiger partial charge is 0.469 e. The van der Waals surface area contributed by atoms with Crippen LogP contribution < -0.4 is 5.73 Å². The van der Waals surface area contributed by atoms with Crippen LogP contribution in [0.5, 0.6) is 0 Å². The number of aryl methyl sites for hydroxylation is 1. The number of rotatable bonds is 10. The molecule has 3 nitrogen and oxygen atoms in total. The molecule has 28 heavy (non-hydrogen) atoms. The Morgan fingerprint density at radius 2 is 1.61 bits per heavy atom. The number of hydrogen-bond donors (Lipinski definition) is 1. The average molecular weight is 417 g/mol. The van der Waals surface area contributed by atoms with Crippen LogP contribution in [0, 0.1) is 0 Å². The van der Waals surface area contributed by atoms with Gasteiger partial charge in [-0.3, -0.25) is 4.79 Å². The molecule has 0 aliphatic carbocycles. The summed E-state index contributed by atoms with van der Waals surface area (Å²) >= 11 is 0. The van der Waals surface area contributed by atoms with Crippen LogP contribution in [0.3, 0.4) is 0 Å². The van der Waals surface area contributed by atoms with E-state index in [1.165, 1.54) is 7.11 Å². The number of alkyl halides is 7. The van der Waals surface area contributed by atoms with Crippen molar-refractivity contribution in [3.8, 4) is 0 Å². The molecule has 0 amide bonds. The summed E-state index contributed by atoms with van der Waals surface area (Å²) in [5, 5.41) is 0. The highest BCUT2D eigenvalue weighted by atomic mass is 19.4. The van der Waals surface area contributed by atoms with Gasteiger partial charge in [0.2, 0.25) is 0 Å². The predicted molar refractivity (Wildman–Crippen MR) is 88.1 cm³/mol. The number of halogens is 7. The van der Waals surface area contributed by atoms with E-state index in [9.17, 15) is 35.5 Å². The first kappa shape index (κ1) is 24.2. The Balaban J connectivity index is 2.53. The fourth-order valence-electron chi connectivity index (χ4n) is 2.55. The molecule has 1 rings (SSSR count). The zero-order chi connectivity index (χ0) is 21.6. The Kier molecular flexibility index (Phi) is 8.28. The van der Waals surface area contributed by atoms with Gasteiger partial charge < -0.3 is 10.5 Å². The van der Waals surface area contributed by atoms with Crippen LogP contribution >= 0.6 is 0 Å². The van der Waals surface area contributed by atoms with Gasteiger partial charge in [0, 0.05) is 18.9 Å². The van der Waals surface area contributed by atoms with E-state index in [4.69, 9.17) is 5.73 Å². The molecule has 0 aliphatic heterocycles. The molecule has 0 aromatic heterocycles. The second-order valence-corrected chi connectivity index (χ2v) is 6.45. The van der Waals surface area contributed by atoms with E-state index in [0.29, 0.717) is 18.4 Å². The smallest absolute Gasteiger partial charge is 0.459 e. The van der Waals surface area contributed by atoms with Crippen molar-refractivity contribution >= 4 is 5.97 Å². The minimum absolute atomic E-state index is 0.175. The number of hydrogen-bond acceptors (Lipinski definition) is 3. The fraction of sp³-hybridized carbons (Fsp3) is 0.611. The first-order chi connectivity index (χ1) is 12.8. The monoisotopic (exact) mass is 417 g/mol. The van der Waals surface area contributed by atoms with Gasteiger partial charge in [-0.1, -0.05) is 24.3 Å². The fourth-order valence-corrected chi connectivity index (χ4v) is 2.55. The van der Waals surface area contributed by atoms with Crippen LogP contribution in [0.1, 0.15) is 49.3 Å². The van der Waals surface area contributed by atoms with E-state index in [0.717, 1.165) is 5.56 Å². The molecule has 0 radical (unpaired) electrons. The molecule has 0 aliphatic rings. The van der Waals surface area contributed by atoms with Gasteiger partial charge >= 0.3 is 24.0 Å². The maximum absolute atomic E-state index is 13.3. The van der Waals surface area contributed by atoms with Crippen molar-refractivity contribution in [3.63, 3.8) is 0 Å². The molecular weight excluding hydrogens is 395 g/mol. The summed E-state index contributed by atoms with van der Waals surface area (Å²) < 4.78 is 93.0. The van der Waals surface area contributed by atoms with Gasteiger partial charge in [0.15, 0.2) is 0 Å². The van der Waals surface area contributed by atoms with Crippen LogP contribution in [0.25, 0.3) is 0 Å². The SMILES string of the molecule is COC(=O)CCCc1ccc(C(N)CCCC(F)(F)C(F)(F)C(F)(F)F)cc1. The number of carbonyl (C=O) groups excluding carboxylic acids is 1. The zero-order valence-electron chi connectivity index (χ0n) is 15.2. The van der Waals surface area contributed by atoms with Gasteiger partial charge in [-0.05, 0) is 36.8 Å². The first-order valence-corrected chi connectivity index (χ1v) is 8.55. The third kappa shape index (κ3) is 6.35. The molecule has 0 fully saturated rings. The summed E-state index contributed by atoms with van der Waals surface area (Å²) in [6.45, 7) is 0. The topological polar surface area (TPSA) is 52.3 Å². The lowest BCUT2D eigenvalue weighted by Gasteiger charge is -2.28. The molecule has 1 aromatic carbocycles. The van der Waals surface area contributed by atoms with Crippen LogP contribution in [0.15, 0.2) is 24.3 Å². The summed E-state index contributed by atoms with van der Waals surface area (Å²) in [6.07, 6.45) is -7.29. The van der Waals surface area contributed by atoms with E-state index in [1.54, 1.807) is 24.3 Å². The summed E-state index contributed by atoms with van der Waals surface area (Å²) in [6, 6.07) is 5.92.